The number of aryl methyl sites for hydroxylation is 1. The van der Waals surface area contributed by atoms with Crippen LogP contribution in [0.15, 0.2) is 40.9 Å². The summed E-state index contributed by atoms with van der Waals surface area (Å²) in [6.45, 7) is 14.2. The number of ether oxygens (including phenoxy) is 1. The second-order valence-corrected chi connectivity index (χ2v) is 9.87. The Balaban J connectivity index is 1.43. The Hall–Kier alpha value is -3.37. The molecule has 1 N–H and O–H groups in total. The number of hydrogen-bond acceptors (Lipinski definition) is 5. The number of benzene rings is 2. The summed E-state index contributed by atoms with van der Waals surface area (Å²) in [7, 11) is 0. The number of rotatable bonds is 5. The van der Waals surface area contributed by atoms with Crippen LogP contribution in [0.25, 0.3) is 26.9 Å². The lowest BCUT2D eigenvalue weighted by atomic mass is 9.91. The highest BCUT2D eigenvalue weighted by Gasteiger charge is 2.27. The maximum atomic E-state index is 12.3. The van der Waals surface area contributed by atoms with Crippen molar-refractivity contribution in [3.8, 4) is 11.1 Å². The minimum Gasteiger partial charge on any atom is -0.444 e. The van der Waals surface area contributed by atoms with Gasteiger partial charge in [-0.25, -0.2) is 9.64 Å². The summed E-state index contributed by atoms with van der Waals surface area (Å²) in [4.78, 5) is 17.6. The molecule has 34 heavy (non-hydrogen) atoms. The fourth-order valence-corrected chi connectivity index (χ4v) is 4.53. The molecule has 1 fully saturated rings. The van der Waals surface area contributed by atoms with Crippen LogP contribution < -0.4 is 0 Å². The van der Waals surface area contributed by atoms with E-state index in [2.05, 4.69) is 10.0 Å². The number of hydrogen-bond donors (Lipinski definition) is 1. The van der Waals surface area contributed by atoms with E-state index in [1.54, 1.807) is 11.0 Å². The third-order valence-corrected chi connectivity index (χ3v) is 6.32. The number of fused-ring (bicyclic) bond motifs is 1. The molecule has 0 saturated carbocycles. The molecule has 2 heterocycles. The Morgan fingerprint density at radius 1 is 1.26 bits per heavy atom. The van der Waals surface area contributed by atoms with Gasteiger partial charge in [-0.15, -0.1) is 0 Å². The first-order valence-corrected chi connectivity index (χ1v) is 11.8. The molecule has 1 amide bonds. The molecule has 1 saturated heterocycles. The average Bonchev–Trinajstić information content (AvgIpc) is 3.24. The molecule has 1 aromatic heterocycles. The topological polar surface area (TPSA) is 80.2 Å². The molecule has 0 spiro atoms. The zero-order chi connectivity index (χ0) is 24.3. The summed E-state index contributed by atoms with van der Waals surface area (Å²) >= 11 is 0. The van der Waals surface area contributed by atoms with Gasteiger partial charge in [0.2, 0.25) is 0 Å². The number of nitrogens with zero attached hydrogens (tertiary/aromatic N) is 3. The summed E-state index contributed by atoms with van der Waals surface area (Å²) in [6, 6.07) is 11.3. The Labute approximate surface area is 200 Å². The highest BCUT2D eigenvalue weighted by molar-refractivity contribution is 5.89. The molecule has 0 aliphatic carbocycles. The summed E-state index contributed by atoms with van der Waals surface area (Å²) in [6.07, 6.45) is 3.40. The Bertz CT molecular complexity index is 1210. The van der Waals surface area contributed by atoms with Crippen molar-refractivity contribution >= 4 is 22.7 Å². The Morgan fingerprint density at radius 2 is 2.03 bits per heavy atom. The number of carbonyl (C=O) groups is 1. The van der Waals surface area contributed by atoms with Crippen molar-refractivity contribution in [2.75, 3.05) is 13.1 Å². The number of piperidine rings is 1. The highest BCUT2D eigenvalue weighted by atomic mass is 16.6. The predicted molar refractivity (Wildman–Crippen MR) is 130 cm³/mol. The monoisotopic (exact) mass is 461 g/mol. The molecule has 7 nitrogen and oxygen atoms in total. The van der Waals surface area contributed by atoms with Gasteiger partial charge in [0.1, 0.15) is 5.60 Å². The smallest absolute Gasteiger partial charge is 0.410 e. The molecule has 2 aromatic carbocycles. The first-order valence-electron chi connectivity index (χ1n) is 11.8. The van der Waals surface area contributed by atoms with Crippen LogP contribution in [0.4, 0.5) is 10.5 Å². The molecule has 0 atom stereocenters. The molecule has 3 aromatic rings. The lowest BCUT2D eigenvalue weighted by molar-refractivity contribution is 0.0181. The standard InChI is InChI=1S/C27H31N3O4/c1-27(2,3)33-26(32)30-14-12-18(13-15-30)8-11-24-22-10-9-21(23(17-31)25(22)34-29-24)19-6-5-7-20(16-19)28-4/h5-7,9-10,16,18,31H,8,11-15,17H2,1-3H3. The normalized spacial score (nSPS) is 14.9. The van der Waals surface area contributed by atoms with Crippen molar-refractivity contribution in [1.29, 1.82) is 0 Å². The van der Waals surface area contributed by atoms with Crippen LogP contribution in [-0.4, -0.2) is 39.9 Å². The third kappa shape index (κ3) is 5.23. The van der Waals surface area contributed by atoms with Crippen LogP contribution in [0.5, 0.6) is 0 Å². The van der Waals surface area contributed by atoms with E-state index in [0.29, 0.717) is 35.8 Å². The maximum Gasteiger partial charge on any atom is 0.410 e. The summed E-state index contributed by atoms with van der Waals surface area (Å²) < 4.78 is 11.2. The molecular weight excluding hydrogens is 430 g/mol. The second kappa shape index (κ2) is 9.86. The summed E-state index contributed by atoms with van der Waals surface area (Å²) in [5.41, 5.74) is 3.96. The van der Waals surface area contributed by atoms with Gasteiger partial charge in [0, 0.05) is 24.0 Å². The zero-order valence-electron chi connectivity index (χ0n) is 20.0. The van der Waals surface area contributed by atoms with E-state index in [1.807, 2.05) is 51.1 Å². The van der Waals surface area contributed by atoms with Crippen LogP contribution >= 0.6 is 0 Å². The quantitative estimate of drug-likeness (QED) is 0.463. The Kier molecular flexibility index (Phi) is 6.90. The van der Waals surface area contributed by atoms with E-state index in [0.717, 1.165) is 47.9 Å². The van der Waals surface area contributed by atoms with E-state index >= 15 is 0 Å². The van der Waals surface area contributed by atoms with Crippen molar-refractivity contribution < 1.29 is 19.2 Å². The van der Waals surface area contributed by atoms with Gasteiger partial charge in [-0.3, -0.25) is 0 Å². The zero-order valence-corrected chi connectivity index (χ0v) is 20.0. The largest absolute Gasteiger partial charge is 0.444 e. The first kappa shape index (κ1) is 23.8. The van der Waals surface area contributed by atoms with Crippen molar-refractivity contribution in [3.05, 3.63) is 59.1 Å². The van der Waals surface area contributed by atoms with Gasteiger partial charge in [-0.05, 0) is 75.6 Å². The molecule has 0 unspecified atom stereocenters. The maximum absolute atomic E-state index is 12.3. The van der Waals surface area contributed by atoms with Gasteiger partial charge in [-0.2, -0.15) is 0 Å². The van der Waals surface area contributed by atoms with E-state index in [4.69, 9.17) is 15.8 Å². The molecular formula is C27H31N3O4. The predicted octanol–water partition coefficient (Wildman–Crippen LogP) is 6.12. The van der Waals surface area contributed by atoms with Gasteiger partial charge in [0.15, 0.2) is 11.3 Å². The molecule has 1 aliphatic heterocycles. The van der Waals surface area contributed by atoms with Gasteiger partial charge in [0.05, 0.1) is 18.9 Å². The average molecular weight is 462 g/mol. The van der Waals surface area contributed by atoms with Gasteiger partial charge in [-0.1, -0.05) is 29.4 Å². The lowest BCUT2D eigenvalue weighted by Gasteiger charge is -2.33. The molecule has 1 aliphatic rings. The molecule has 0 bridgehead atoms. The molecule has 178 valence electrons. The van der Waals surface area contributed by atoms with Crippen molar-refractivity contribution in [3.63, 3.8) is 0 Å². The number of likely N-dealkylation sites (tertiary alicyclic amines) is 1. The van der Waals surface area contributed by atoms with Crippen LogP contribution in [0.1, 0.15) is 51.3 Å². The fourth-order valence-electron chi connectivity index (χ4n) is 4.53. The van der Waals surface area contributed by atoms with Gasteiger partial charge in [0.25, 0.3) is 0 Å². The van der Waals surface area contributed by atoms with Crippen LogP contribution in [-0.2, 0) is 17.8 Å². The van der Waals surface area contributed by atoms with E-state index in [9.17, 15) is 9.90 Å². The SMILES string of the molecule is [C-]#[N+]c1cccc(-c2ccc3c(CCC4CCN(C(=O)OC(C)(C)C)CC4)noc3c2CO)c1. The Morgan fingerprint density at radius 3 is 2.71 bits per heavy atom. The second-order valence-electron chi connectivity index (χ2n) is 9.87. The highest BCUT2D eigenvalue weighted by Crippen LogP contribution is 2.34. The van der Waals surface area contributed by atoms with Crippen LogP contribution in [0.2, 0.25) is 0 Å². The third-order valence-electron chi connectivity index (χ3n) is 6.32. The van der Waals surface area contributed by atoms with Crippen molar-refractivity contribution in [1.82, 2.24) is 10.1 Å². The van der Waals surface area contributed by atoms with Crippen LogP contribution in [0.3, 0.4) is 0 Å². The van der Waals surface area contributed by atoms with Gasteiger partial charge >= 0.3 is 6.09 Å². The van der Waals surface area contributed by atoms with Gasteiger partial charge < -0.3 is 19.3 Å². The number of amides is 1. The van der Waals surface area contributed by atoms with E-state index in [1.165, 1.54) is 0 Å². The van der Waals surface area contributed by atoms with Crippen LogP contribution in [0, 0.1) is 12.5 Å². The number of aromatic nitrogens is 1. The molecule has 4 rings (SSSR count). The minimum absolute atomic E-state index is 0.174. The minimum atomic E-state index is -0.477. The van der Waals surface area contributed by atoms with E-state index < -0.39 is 5.60 Å². The van der Waals surface area contributed by atoms with Crippen molar-refractivity contribution in [2.45, 2.75) is 58.7 Å². The fraction of sp³-hybridized carbons (Fsp3) is 0.444. The molecule has 0 radical (unpaired) electrons. The number of carbonyl (C=O) groups excluding carboxylic acids is 1. The van der Waals surface area contributed by atoms with Crippen molar-refractivity contribution in [2.24, 2.45) is 5.92 Å². The summed E-state index contributed by atoms with van der Waals surface area (Å²) in [5.74, 6) is 0.512. The lowest BCUT2D eigenvalue weighted by Crippen LogP contribution is -2.41. The number of aliphatic hydroxyl groups excluding tert-OH is 1. The summed E-state index contributed by atoms with van der Waals surface area (Å²) in [5, 5.41) is 15.3. The number of aliphatic hydroxyl groups is 1. The van der Waals surface area contributed by atoms with E-state index in [-0.39, 0.29) is 12.7 Å². The first-order chi connectivity index (χ1) is 16.3. The molecule has 7 heteroatoms.